The van der Waals surface area contributed by atoms with E-state index in [-0.39, 0.29) is 11.7 Å². The van der Waals surface area contributed by atoms with Crippen LogP contribution in [0, 0.1) is 17.0 Å². The molecule has 2 aliphatic heterocycles. The number of aryl methyl sites for hydroxylation is 2. The van der Waals surface area contributed by atoms with Crippen molar-refractivity contribution in [2.45, 2.75) is 58.0 Å². The lowest BCUT2D eigenvalue weighted by Crippen LogP contribution is -2.27. The highest BCUT2D eigenvalue weighted by molar-refractivity contribution is 5.61. The van der Waals surface area contributed by atoms with Gasteiger partial charge in [0.1, 0.15) is 11.6 Å². The minimum absolute atomic E-state index is 0.0364. The summed E-state index contributed by atoms with van der Waals surface area (Å²) >= 11 is 0. The van der Waals surface area contributed by atoms with Crippen LogP contribution in [0.15, 0.2) is 30.3 Å². The third-order valence-corrected chi connectivity index (χ3v) is 6.14. The second-order valence-electron chi connectivity index (χ2n) is 8.29. The van der Waals surface area contributed by atoms with Gasteiger partial charge < -0.3 is 9.47 Å². The molecule has 9 heteroatoms. The Balaban J connectivity index is 1.51. The standard InChI is InChI=1S/C22H25N7O2/c1-15-13-20(24-21(23-15)16-7-5-8-17(14-16)29(30)31)27-12-6-9-18(27)22-26-25-19-10-3-2-4-11-28(19)22/h5,7-8,13-14,18H,2-4,6,9-12H2,1H3. The van der Waals surface area contributed by atoms with Gasteiger partial charge in [-0.15, -0.1) is 10.2 Å². The zero-order valence-corrected chi connectivity index (χ0v) is 17.6. The third-order valence-electron chi connectivity index (χ3n) is 6.14. The average Bonchev–Trinajstić information content (AvgIpc) is 3.34. The molecular formula is C22H25N7O2. The van der Waals surface area contributed by atoms with Gasteiger partial charge in [-0.2, -0.15) is 0 Å². The summed E-state index contributed by atoms with van der Waals surface area (Å²) in [5, 5.41) is 20.3. The lowest BCUT2D eigenvalue weighted by molar-refractivity contribution is -0.384. The Kier molecular flexibility index (Phi) is 5.09. The molecule has 0 saturated carbocycles. The summed E-state index contributed by atoms with van der Waals surface area (Å²) in [6, 6.07) is 8.60. The van der Waals surface area contributed by atoms with Crippen molar-refractivity contribution in [3.05, 3.63) is 57.8 Å². The van der Waals surface area contributed by atoms with Crippen LogP contribution in [0.1, 0.15) is 55.5 Å². The van der Waals surface area contributed by atoms with E-state index in [2.05, 4.69) is 24.6 Å². The highest BCUT2D eigenvalue weighted by Gasteiger charge is 2.32. The van der Waals surface area contributed by atoms with Crippen molar-refractivity contribution >= 4 is 11.5 Å². The molecule has 1 atom stereocenters. The van der Waals surface area contributed by atoms with Crippen molar-refractivity contribution in [2.75, 3.05) is 11.4 Å². The zero-order valence-electron chi connectivity index (χ0n) is 17.6. The molecule has 1 saturated heterocycles. The Morgan fingerprint density at radius 3 is 2.84 bits per heavy atom. The topological polar surface area (TPSA) is 103 Å². The van der Waals surface area contributed by atoms with Gasteiger partial charge in [0.2, 0.25) is 0 Å². The quantitative estimate of drug-likeness (QED) is 0.465. The number of aromatic nitrogens is 5. The maximum atomic E-state index is 11.2. The first-order valence-corrected chi connectivity index (χ1v) is 10.9. The first kappa shape index (κ1) is 19.6. The molecule has 5 rings (SSSR count). The van der Waals surface area contributed by atoms with E-state index in [9.17, 15) is 10.1 Å². The van der Waals surface area contributed by atoms with Gasteiger partial charge in [-0.3, -0.25) is 10.1 Å². The van der Waals surface area contributed by atoms with E-state index in [0.717, 1.165) is 61.9 Å². The van der Waals surface area contributed by atoms with Gasteiger partial charge in [0.25, 0.3) is 5.69 Å². The van der Waals surface area contributed by atoms with Gasteiger partial charge >= 0.3 is 0 Å². The average molecular weight is 419 g/mol. The molecule has 1 unspecified atom stereocenters. The summed E-state index contributed by atoms with van der Waals surface area (Å²) in [6.45, 7) is 3.79. The SMILES string of the molecule is Cc1cc(N2CCCC2c2nnc3n2CCCCC3)nc(-c2cccc([N+](=O)[O-])c2)n1. The van der Waals surface area contributed by atoms with Gasteiger partial charge in [-0.05, 0) is 32.6 Å². The monoisotopic (exact) mass is 419 g/mol. The van der Waals surface area contributed by atoms with E-state index in [1.54, 1.807) is 6.07 Å². The second kappa shape index (κ2) is 8.05. The van der Waals surface area contributed by atoms with Crippen LogP contribution in [-0.4, -0.2) is 36.2 Å². The predicted molar refractivity (Wildman–Crippen MR) is 116 cm³/mol. The molecule has 0 bridgehead atoms. The fourth-order valence-electron chi connectivity index (χ4n) is 4.65. The molecule has 2 aliphatic rings. The summed E-state index contributed by atoms with van der Waals surface area (Å²) < 4.78 is 2.31. The molecule has 0 N–H and O–H groups in total. The van der Waals surface area contributed by atoms with E-state index in [1.807, 2.05) is 19.1 Å². The van der Waals surface area contributed by atoms with Crippen LogP contribution in [0.4, 0.5) is 11.5 Å². The van der Waals surface area contributed by atoms with E-state index in [1.165, 1.54) is 25.0 Å². The van der Waals surface area contributed by atoms with Crippen LogP contribution in [0.2, 0.25) is 0 Å². The minimum atomic E-state index is -0.395. The Labute approximate surface area is 180 Å². The maximum Gasteiger partial charge on any atom is 0.270 e. The van der Waals surface area contributed by atoms with Crippen LogP contribution >= 0.6 is 0 Å². The zero-order chi connectivity index (χ0) is 21.4. The summed E-state index contributed by atoms with van der Waals surface area (Å²) in [5.74, 6) is 3.46. The molecule has 31 heavy (non-hydrogen) atoms. The number of anilines is 1. The van der Waals surface area contributed by atoms with Gasteiger partial charge in [-0.25, -0.2) is 9.97 Å². The lowest BCUT2D eigenvalue weighted by atomic mass is 10.1. The molecule has 9 nitrogen and oxygen atoms in total. The summed E-state index contributed by atoms with van der Waals surface area (Å²) in [5.41, 5.74) is 1.51. The molecule has 3 aromatic rings. The smallest absolute Gasteiger partial charge is 0.270 e. The number of rotatable bonds is 4. The number of nitro benzene ring substituents is 1. The molecule has 4 heterocycles. The lowest BCUT2D eigenvalue weighted by Gasteiger charge is -2.26. The molecule has 1 fully saturated rings. The third kappa shape index (κ3) is 3.75. The summed E-state index contributed by atoms with van der Waals surface area (Å²) in [6.07, 6.45) is 6.62. The highest BCUT2D eigenvalue weighted by Crippen LogP contribution is 2.36. The molecule has 1 aromatic carbocycles. The molecule has 0 aliphatic carbocycles. The Morgan fingerprint density at radius 1 is 1.06 bits per heavy atom. The normalized spacial score (nSPS) is 18.6. The van der Waals surface area contributed by atoms with Crippen molar-refractivity contribution in [3.8, 4) is 11.4 Å². The number of fused-ring (bicyclic) bond motifs is 1. The van der Waals surface area contributed by atoms with Crippen LogP contribution in [0.5, 0.6) is 0 Å². The fourth-order valence-corrected chi connectivity index (χ4v) is 4.65. The van der Waals surface area contributed by atoms with E-state index < -0.39 is 4.92 Å². The molecule has 0 spiro atoms. The largest absolute Gasteiger partial charge is 0.346 e. The predicted octanol–water partition coefficient (Wildman–Crippen LogP) is 4.02. The molecule has 0 amide bonds. The molecule has 0 radical (unpaired) electrons. The minimum Gasteiger partial charge on any atom is -0.346 e. The van der Waals surface area contributed by atoms with Crippen molar-refractivity contribution in [3.63, 3.8) is 0 Å². The van der Waals surface area contributed by atoms with Crippen LogP contribution < -0.4 is 4.90 Å². The maximum absolute atomic E-state index is 11.2. The number of hydrogen-bond donors (Lipinski definition) is 0. The van der Waals surface area contributed by atoms with Crippen molar-refractivity contribution in [1.29, 1.82) is 0 Å². The number of hydrogen-bond acceptors (Lipinski definition) is 7. The summed E-state index contributed by atoms with van der Waals surface area (Å²) in [7, 11) is 0. The second-order valence-corrected chi connectivity index (χ2v) is 8.29. The fraction of sp³-hybridized carbons (Fsp3) is 0.455. The van der Waals surface area contributed by atoms with E-state index in [0.29, 0.717) is 11.4 Å². The van der Waals surface area contributed by atoms with Crippen molar-refractivity contribution < 1.29 is 4.92 Å². The number of nitro groups is 1. The van der Waals surface area contributed by atoms with Gasteiger partial charge in [-0.1, -0.05) is 18.6 Å². The van der Waals surface area contributed by atoms with E-state index in [4.69, 9.17) is 4.98 Å². The Morgan fingerprint density at radius 2 is 1.97 bits per heavy atom. The van der Waals surface area contributed by atoms with Crippen LogP contribution in [0.3, 0.4) is 0 Å². The van der Waals surface area contributed by atoms with Gasteiger partial charge in [0, 0.05) is 49.0 Å². The van der Waals surface area contributed by atoms with Gasteiger partial charge in [0.15, 0.2) is 11.6 Å². The van der Waals surface area contributed by atoms with Gasteiger partial charge in [0.05, 0.1) is 11.0 Å². The van der Waals surface area contributed by atoms with Crippen molar-refractivity contribution in [1.82, 2.24) is 24.7 Å². The van der Waals surface area contributed by atoms with Crippen LogP contribution in [0.25, 0.3) is 11.4 Å². The van der Waals surface area contributed by atoms with E-state index >= 15 is 0 Å². The molecule has 160 valence electrons. The Hall–Kier alpha value is -3.36. The first-order chi connectivity index (χ1) is 15.1. The molecular weight excluding hydrogens is 394 g/mol. The highest BCUT2D eigenvalue weighted by atomic mass is 16.6. The number of nitrogens with zero attached hydrogens (tertiary/aromatic N) is 7. The number of non-ortho nitro benzene ring substituents is 1. The first-order valence-electron chi connectivity index (χ1n) is 10.9. The Bertz CT molecular complexity index is 1130. The number of benzene rings is 1. The van der Waals surface area contributed by atoms with Crippen LogP contribution in [-0.2, 0) is 13.0 Å². The molecule has 2 aromatic heterocycles. The summed E-state index contributed by atoms with van der Waals surface area (Å²) in [4.78, 5) is 22.4. The van der Waals surface area contributed by atoms with Crippen molar-refractivity contribution in [2.24, 2.45) is 0 Å².